The Hall–Kier alpha value is -1.43. The Balaban J connectivity index is 1.17. The van der Waals surface area contributed by atoms with E-state index in [1.54, 1.807) is 6.07 Å². The van der Waals surface area contributed by atoms with E-state index in [0.29, 0.717) is 5.92 Å². The summed E-state index contributed by atoms with van der Waals surface area (Å²) < 4.78 is 28.3. The molecule has 0 saturated heterocycles. The Morgan fingerprint density at radius 1 is 0.735 bits per heavy atom. The number of hydrogen-bond donors (Lipinski definition) is 0. The van der Waals surface area contributed by atoms with Crippen molar-refractivity contribution < 1.29 is 8.78 Å². The zero-order chi connectivity index (χ0) is 23.9. The predicted molar refractivity (Wildman–Crippen MR) is 135 cm³/mol. The molecule has 0 spiro atoms. The Morgan fingerprint density at radius 2 is 1.32 bits per heavy atom. The SMILES string of the molecule is CCCCCCC1CCC(CCC2CCC3CC(c4cc(F)c(C#N)c(F)c4)CCC3C2)CC1. The zero-order valence-electron chi connectivity index (χ0n) is 21.3. The molecule has 0 amide bonds. The van der Waals surface area contributed by atoms with Crippen LogP contribution in [-0.2, 0) is 0 Å². The average molecular weight is 470 g/mol. The molecule has 3 fully saturated rings. The molecule has 3 saturated carbocycles. The summed E-state index contributed by atoms with van der Waals surface area (Å²) >= 11 is 0. The number of unbranched alkanes of at least 4 members (excludes halogenated alkanes) is 3. The molecule has 34 heavy (non-hydrogen) atoms. The molecule has 4 rings (SSSR count). The number of fused-ring (bicyclic) bond motifs is 1. The van der Waals surface area contributed by atoms with Gasteiger partial charge >= 0.3 is 0 Å². The van der Waals surface area contributed by atoms with Crippen LogP contribution in [0.2, 0.25) is 0 Å². The minimum absolute atomic E-state index is 0.242. The van der Waals surface area contributed by atoms with Crippen LogP contribution in [0.5, 0.6) is 0 Å². The first-order valence-corrected chi connectivity index (χ1v) is 14.5. The van der Waals surface area contributed by atoms with Gasteiger partial charge in [0.25, 0.3) is 0 Å². The van der Waals surface area contributed by atoms with Crippen molar-refractivity contribution >= 4 is 0 Å². The van der Waals surface area contributed by atoms with E-state index in [1.165, 1.54) is 108 Å². The van der Waals surface area contributed by atoms with Crippen LogP contribution in [0.1, 0.15) is 133 Å². The second-order valence-corrected chi connectivity index (χ2v) is 12.0. The van der Waals surface area contributed by atoms with Gasteiger partial charge in [-0.15, -0.1) is 0 Å². The highest BCUT2D eigenvalue weighted by molar-refractivity contribution is 5.36. The first-order valence-electron chi connectivity index (χ1n) is 14.5. The minimum atomic E-state index is -0.700. The summed E-state index contributed by atoms with van der Waals surface area (Å²) in [5.41, 5.74) is 0.314. The first-order chi connectivity index (χ1) is 16.6. The quantitative estimate of drug-likeness (QED) is 0.330. The van der Waals surface area contributed by atoms with Crippen LogP contribution in [-0.4, -0.2) is 0 Å². The normalized spacial score (nSPS) is 31.6. The molecule has 0 N–H and O–H groups in total. The summed E-state index contributed by atoms with van der Waals surface area (Å²) in [5, 5.41) is 8.94. The van der Waals surface area contributed by atoms with Gasteiger partial charge < -0.3 is 0 Å². The molecule has 3 aliphatic rings. The topological polar surface area (TPSA) is 23.8 Å². The van der Waals surface area contributed by atoms with E-state index >= 15 is 0 Å². The first kappa shape index (κ1) is 25.7. The second kappa shape index (κ2) is 12.5. The van der Waals surface area contributed by atoms with E-state index in [4.69, 9.17) is 5.26 Å². The van der Waals surface area contributed by atoms with Crippen LogP contribution < -0.4 is 0 Å². The molecular weight excluding hydrogens is 424 g/mol. The Bertz CT molecular complexity index is 796. The van der Waals surface area contributed by atoms with Gasteiger partial charge in [-0.05, 0) is 85.3 Å². The summed E-state index contributed by atoms with van der Waals surface area (Å²) in [4.78, 5) is 0. The van der Waals surface area contributed by atoms with Crippen molar-refractivity contribution in [3.05, 3.63) is 34.9 Å². The molecule has 3 aliphatic carbocycles. The van der Waals surface area contributed by atoms with Crippen LogP contribution >= 0.6 is 0 Å². The van der Waals surface area contributed by atoms with Crippen LogP contribution in [0.15, 0.2) is 12.1 Å². The van der Waals surface area contributed by atoms with E-state index in [2.05, 4.69) is 6.92 Å². The van der Waals surface area contributed by atoms with E-state index in [-0.39, 0.29) is 5.92 Å². The lowest BCUT2D eigenvalue weighted by Gasteiger charge is -2.43. The molecule has 1 aromatic carbocycles. The third-order valence-electron chi connectivity index (χ3n) is 9.78. The van der Waals surface area contributed by atoms with E-state index in [0.717, 1.165) is 42.1 Å². The fourth-order valence-corrected chi connectivity index (χ4v) is 7.63. The summed E-state index contributed by atoms with van der Waals surface area (Å²) in [5.74, 6) is 3.24. The fraction of sp³-hybridized carbons (Fsp3) is 0.774. The number of benzene rings is 1. The standard InChI is InChI=1S/C31H45F2N/c1-2-3-4-5-6-22-7-9-23(10-8-22)11-12-24-13-14-26-18-27(16-15-25(26)17-24)28-19-30(32)29(21-34)31(33)20-28/h19-20,22-27H,2-18H2,1H3. The Morgan fingerprint density at radius 3 is 2.00 bits per heavy atom. The van der Waals surface area contributed by atoms with Gasteiger partial charge in [-0.2, -0.15) is 5.26 Å². The maximum absolute atomic E-state index is 14.1. The summed E-state index contributed by atoms with van der Waals surface area (Å²) in [6.07, 6.45) is 23.1. The summed E-state index contributed by atoms with van der Waals surface area (Å²) in [6, 6.07) is 4.47. The van der Waals surface area contributed by atoms with Crippen LogP contribution in [0, 0.1) is 52.6 Å². The van der Waals surface area contributed by atoms with Crippen LogP contribution in [0.4, 0.5) is 8.78 Å². The van der Waals surface area contributed by atoms with Gasteiger partial charge in [0.2, 0.25) is 0 Å². The molecule has 0 heterocycles. The number of nitrogens with zero attached hydrogens (tertiary/aromatic N) is 1. The van der Waals surface area contributed by atoms with Crippen molar-refractivity contribution in [3.63, 3.8) is 0 Å². The lowest BCUT2D eigenvalue weighted by atomic mass is 9.63. The van der Waals surface area contributed by atoms with Gasteiger partial charge in [0.1, 0.15) is 23.3 Å². The van der Waals surface area contributed by atoms with Crippen molar-refractivity contribution in [2.24, 2.45) is 29.6 Å². The lowest BCUT2D eigenvalue weighted by molar-refractivity contribution is 0.108. The molecule has 188 valence electrons. The predicted octanol–water partition coefficient (Wildman–Crippen LogP) is 9.69. The monoisotopic (exact) mass is 469 g/mol. The van der Waals surface area contributed by atoms with Gasteiger partial charge in [0.05, 0.1) is 0 Å². The van der Waals surface area contributed by atoms with Crippen molar-refractivity contribution in [1.29, 1.82) is 5.26 Å². The number of rotatable bonds is 9. The van der Waals surface area contributed by atoms with Crippen molar-refractivity contribution in [1.82, 2.24) is 0 Å². The smallest absolute Gasteiger partial charge is 0.144 e. The zero-order valence-corrected chi connectivity index (χ0v) is 21.3. The molecule has 0 radical (unpaired) electrons. The van der Waals surface area contributed by atoms with Crippen molar-refractivity contribution in [2.45, 2.75) is 122 Å². The highest BCUT2D eigenvalue weighted by atomic mass is 19.1. The van der Waals surface area contributed by atoms with Gasteiger partial charge in [0.15, 0.2) is 0 Å². The maximum Gasteiger partial charge on any atom is 0.144 e. The Kier molecular flexibility index (Phi) is 9.44. The van der Waals surface area contributed by atoms with E-state index in [9.17, 15) is 8.78 Å². The fourth-order valence-electron chi connectivity index (χ4n) is 7.63. The molecule has 4 atom stereocenters. The highest BCUT2D eigenvalue weighted by Crippen LogP contribution is 2.49. The molecule has 1 aromatic rings. The van der Waals surface area contributed by atoms with Gasteiger partial charge in [-0.25, -0.2) is 8.78 Å². The summed E-state index contributed by atoms with van der Waals surface area (Å²) in [7, 11) is 0. The molecule has 1 nitrogen and oxygen atoms in total. The third kappa shape index (κ3) is 6.61. The highest BCUT2D eigenvalue weighted by Gasteiger charge is 2.36. The van der Waals surface area contributed by atoms with Gasteiger partial charge in [0, 0.05) is 0 Å². The minimum Gasteiger partial charge on any atom is -0.205 e. The molecule has 0 aliphatic heterocycles. The third-order valence-corrected chi connectivity index (χ3v) is 9.78. The number of halogens is 2. The van der Waals surface area contributed by atoms with Crippen LogP contribution in [0.25, 0.3) is 0 Å². The molecule has 0 bridgehead atoms. The van der Waals surface area contributed by atoms with E-state index < -0.39 is 17.2 Å². The van der Waals surface area contributed by atoms with Crippen molar-refractivity contribution in [2.75, 3.05) is 0 Å². The van der Waals surface area contributed by atoms with E-state index in [1.807, 2.05) is 0 Å². The van der Waals surface area contributed by atoms with Gasteiger partial charge in [-0.3, -0.25) is 0 Å². The van der Waals surface area contributed by atoms with Gasteiger partial charge in [-0.1, -0.05) is 84.0 Å². The maximum atomic E-state index is 14.1. The molecule has 3 heteroatoms. The largest absolute Gasteiger partial charge is 0.205 e. The van der Waals surface area contributed by atoms with Crippen LogP contribution in [0.3, 0.4) is 0 Å². The number of nitriles is 1. The molecular formula is C31H45F2N. The number of hydrogen-bond acceptors (Lipinski definition) is 1. The summed E-state index contributed by atoms with van der Waals surface area (Å²) in [6.45, 7) is 2.30. The molecule has 4 unspecified atom stereocenters. The van der Waals surface area contributed by atoms with Crippen molar-refractivity contribution in [3.8, 4) is 6.07 Å². The Labute approximate surface area is 206 Å². The molecule has 0 aromatic heterocycles. The second-order valence-electron chi connectivity index (χ2n) is 12.0. The average Bonchev–Trinajstić information content (AvgIpc) is 2.85. The lowest BCUT2D eigenvalue weighted by Crippen LogP contribution is -2.30.